The van der Waals surface area contributed by atoms with Crippen molar-refractivity contribution < 1.29 is 9.13 Å². The Morgan fingerprint density at radius 2 is 1.75 bits per heavy atom. The van der Waals surface area contributed by atoms with Crippen LogP contribution in [0, 0.1) is 23.2 Å². The minimum Gasteiger partial charge on any atom is -0.378 e. The Balaban J connectivity index is 1.35. The standard InChI is InChI=1S/C25H34FNO/c1-2-3-19-4-10-22(11-5-19)23-12-6-21(7-13-23)18-28-25-14-8-20(9-15-25)16-24(26)17-27/h4-5,10-11,16,20-21,23,25H,2-3,6-9,12-15,18H2,1H3. The molecule has 2 aliphatic carbocycles. The van der Waals surface area contributed by atoms with Gasteiger partial charge in [0.15, 0.2) is 5.83 Å². The number of nitrogens with zero attached hydrogens (tertiary/aromatic N) is 1. The summed E-state index contributed by atoms with van der Waals surface area (Å²) in [6, 6.07) is 10.9. The highest BCUT2D eigenvalue weighted by Crippen LogP contribution is 2.37. The molecule has 0 aromatic heterocycles. The normalized spacial score (nSPS) is 28.7. The van der Waals surface area contributed by atoms with E-state index < -0.39 is 5.83 Å². The molecular weight excluding hydrogens is 349 g/mol. The Morgan fingerprint density at radius 1 is 1.07 bits per heavy atom. The third-order valence-electron chi connectivity index (χ3n) is 6.61. The van der Waals surface area contributed by atoms with Gasteiger partial charge in [-0.05, 0) is 92.7 Å². The Morgan fingerprint density at radius 3 is 2.36 bits per heavy atom. The maximum atomic E-state index is 13.1. The van der Waals surface area contributed by atoms with Crippen molar-refractivity contribution >= 4 is 0 Å². The minimum atomic E-state index is -0.638. The van der Waals surface area contributed by atoms with Crippen LogP contribution in [-0.4, -0.2) is 12.7 Å². The zero-order valence-electron chi connectivity index (χ0n) is 17.2. The van der Waals surface area contributed by atoms with Crippen LogP contribution >= 0.6 is 0 Å². The summed E-state index contributed by atoms with van der Waals surface area (Å²) in [5, 5.41) is 8.55. The van der Waals surface area contributed by atoms with Gasteiger partial charge in [0, 0.05) is 6.61 Å². The van der Waals surface area contributed by atoms with E-state index in [1.807, 2.05) is 0 Å². The van der Waals surface area contributed by atoms with Gasteiger partial charge in [-0.1, -0.05) is 37.6 Å². The number of hydrogen-bond donors (Lipinski definition) is 0. The topological polar surface area (TPSA) is 33.0 Å². The Kier molecular flexibility index (Phi) is 8.10. The lowest BCUT2D eigenvalue weighted by atomic mass is 9.79. The van der Waals surface area contributed by atoms with E-state index in [9.17, 15) is 4.39 Å². The van der Waals surface area contributed by atoms with Gasteiger partial charge in [-0.25, -0.2) is 0 Å². The first-order valence-corrected chi connectivity index (χ1v) is 11.2. The molecule has 2 fully saturated rings. The van der Waals surface area contributed by atoms with E-state index in [1.54, 1.807) is 6.07 Å². The second-order valence-electron chi connectivity index (χ2n) is 8.71. The molecule has 0 radical (unpaired) electrons. The molecule has 1 aromatic rings. The molecule has 0 N–H and O–H groups in total. The third-order valence-corrected chi connectivity index (χ3v) is 6.61. The number of benzene rings is 1. The fraction of sp³-hybridized carbons (Fsp3) is 0.640. The van der Waals surface area contributed by atoms with Gasteiger partial charge in [-0.15, -0.1) is 0 Å². The van der Waals surface area contributed by atoms with Gasteiger partial charge in [0.05, 0.1) is 6.10 Å². The molecule has 28 heavy (non-hydrogen) atoms. The fourth-order valence-electron chi connectivity index (χ4n) is 4.85. The van der Waals surface area contributed by atoms with E-state index in [4.69, 9.17) is 10.00 Å². The highest BCUT2D eigenvalue weighted by molar-refractivity contribution is 5.26. The number of ether oxygens (including phenoxy) is 1. The predicted octanol–water partition coefficient (Wildman–Crippen LogP) is 6.87. The number of rotatable bonds is 7. The molecule has 0 saturated heterocycles. The van der Waals surface area contributed by atoms with Crippen LogP contribution in [0.4, 0.5) is 4.39 Å². The lowest BCUT2D eigenvalue weighted by Crippen LogP contribution is -2.25. The van der Waals surface area contributed by atoms with Crippen LogP contribution in [-0.2, 0) is 11.2 Å². The quantitative estimate of drug-likeness (QED) is 0.482. The monoisotopic (exact) mass is 383 g/mol. The second-order valence-corrected chi connectivity index (χ2v) is 8.71. The Hall–Kier alpha value is -1.66. The van der Waals surface area contributed by atoms with Crippen LogP contribution in [0.5, 0.6) is 0 Å². The zero-order valence-corrected chi connectivity index (χ0v) is 17.2. The van der Waals surface area contributed by atoms with Gasteiger partial charge in [-0.2, -0.15) is 9.65 Å². The van der Waals surface area contributed by atoms with Crippen LogP contribution in [0.15, 0.2) is 36.2 Å². The van der Waals surface area contributed by atoms with Gasteiger partial charge in [0.25, 0.3) is 0 Å². The van der Waals surface area contributed by atoms with Crippen molar-refractivity contribution in [1.82, 2.24) is 0 Å². The molecule has 3 rings (SSSR count). The largest absolute Gasteiger partial charge is 0.378 e. The Bertz CT molecular complexity index is 659. The fourth-order valence-corrected chi connectivity index (χ4v) is 4.85. The lowest BCUT2D eigenvalue weighted by molar-refractivity contribution is -0.00465. The summed E-state index contributed by atoms with van der Waals surface area (Å²) >= 11 is 0. The molecule has 1 aromatic carbocycles. The third kappa shape index (κ3) is 6.17. The van der Waals surface area contributed by atoms with Gasteiger partial charge >= 0.3 is 0 Å². The number of allylic oxidation sites excluding steroid dienone is 2. The SMILES string of the molecule is CCCc1ccc(C2CCC(COC3CCC(C=C(F)C#N)CC3)CC2)cc1. The van der Waals surface area contributed by atoms with Crippen molar-refractivity contribution in [2.45, 2.75) is 83.2 Å². The van der Waals surface area contributed by atoms with Gasteiger partial charge in [0.1, 0.15) is 6.07 Å². The Labute approximate surface area is 169 Å². The van der Waals surface area contributed by atoms with E-state index in [-0.39, 0.29) is 5.92 Å². The number of nitriles is 1. The van der Waals surface area contributed by atoms with Gasteiger partial charge in [0.2, 0.25) is 0 Å². The molecule has 0 heterocycles. The van der Waals surface area contributed by atoms with Gasteiger partial charge in [-0.3, -0.25) is 0 Å². The summed E-state index contributed by atoms with van der Waals surface area (Å²) in [6.07, 6.45) is 13.1. The molecule has 0 amide bonds. The maximum absolute atomic E-state index is 13.1. The zero-order chi connectivity index (χ0) is 19.8. The maximum Gasteiger partial charge on any atom is 0.196 e. The number of halogens is 1. The average Bonchev–Trinajstić information content (AvgIpc) is 2.74. The highest BCUT2D eigenvalue weighted by Gasteiger charge is 2.25. The lowest BCUT2D eigenvalue weighted by Gasteiger charge is -2.32. The van der Waals surface area contributed by atoms with Crippen LogP contribution in [0.1, 0.15) is 81.8 Å². The number of hydrogen-bond acceptors (Lipinski definition) is 2. The molecular formula is C25H34FNO. The smallest absolute Gasteiger partial charge is 0.196 e. The van der Waals surface area contributed by atoms with Crippen molar-refractivity contribution in [3.8, 4) is 6.07 Å². The summed E-state index contributed by atoms with van der Waals surface area (Å²) in [6.45, 7) is 3.11. The molecule has 2 nitrogen and oxygen atoms in total. The van der Waals surface area contributed by atoms with Crippen LogP contribution in [0.3, 0.4) is 0 Å². The minimum absolute atomic E-state index is 0.207. The summed E-state index contributed by atoms with van der Waals surface area (Å²) < 4.78 is 19.3. The van der Waals surface area contributed by atoms with Crippen molar-refractivity contribution in [2.75, 3.05) is 6.61 Å². The molecule has 2 aliphatic rings. The number of aryl methyl sites for hydroxylation is 1. The van der Waals surface area contributed by atoms with Crippen molar-refractivity contribution in [3.63, 3.8) is 0 Å². The molecule has 0 atom stereocenters. The van der Waals surface area contributed by atoms with E-state index in [0.29, 0.717) is 17.9 Å². The summed E-state index contributed by atoms with van der Waals surface area (Å²) in [5.74, 6) is 0.966. The first-order valence-electron chi connectivity index (χ1n) is 11.2. The van der Waals surface area contributed by atoms with Crippen LogP contribution < -0.4 is 0 Å². The summed E-state index contributed by atoms with van der Waals surface area (Å²) in [5.41, 5.74) is 2.96. The van der Waals surface area contributed by atoms with Crippen molar-refractivity contribution in [3.05, 3.63) is 47.3 Å². The molecule has 0 aliphatic heterocycles. The van der Waals surface area contributed by atoms with E-state index in [2.05, 4.69) is 31.2 Å². The van der Waals surface area contributed by atoms with E-state index in [0.717, 1.165) is 32.3 Å². The predicted molar refractivity (Wildman–Crippen MR) is 112 cm³/mol. The molecule has 3 heteroatoms. The van der Waals surface area contributed by atoms with E-state index >= 15 is 0 Å². The molecule has 2 saturated carbocycles. The van der Waals surface area contributed by atoms with Crippen molar-refractivity contribution in [2.24, 2.45) is 11.8 Å². The average molecular weight is 384 g/mol. The first kappa shape index (κ1) is 21.1. The molecule has 0 unspecified atom stereocenters. The van der Waals surface area contributed by atoms with Crippen molar-refractivity contribution in [1.29, 1.82) is 5.26 Å². The molecule has 0 spiro atoms. The van der Waals surface area contributed by atoms with Crippen LogP contribution in [0.25, 0.3) is 0 Å². The summed E-state index contributed by atoms with van der Waals surface area (Å²) in [4.78, 5) is 0. The first-order chi connectivity index (χ1) is 13.7. The van der Waals surface area contributed by atoms with E-state index in [1.165, 1.54) is 55.7 Å². The second kappa shape index (κ2) is 10.8. The summed E-state index contributed by atoms with van der Waals surface area (Å²) in [7, 11) is 0. The molecule has 0 bridgehead atoms. The molecule has 152 valence electrons. The van der Waals surface area contributed by atoms with Crippen LogP contribution in [0.2, 0.25) is 0 Å². The van der Waals surface area contributed by atoms with Gasteiger partial charge < -0.3 is 4.74 Å². The highest BCUT2D eigenvalue weighted by atomic mass is 19.1.